The van der Waals surface area contributed by atoms with Crippen molar-refractivity contribution in [1.82, 2.24) is 9.78 Å². The van der Waals surface area contributed by atoms with Crippen LogP contribution in [0.2, 0.25) is 0 Å². The van der Waals surface area contributed by atoms with Crippen LogP contribution >= 0.6 is 0 Å². The number of hydrogen-bond acceptors (Lipinski definition) is 2. The summed E-state index contributed by atoms with van der Waals surface area (Å²) in [6, 6.07) is 6.96. The number of aryl methyl sites for hydroxylation is 2. The summed E-state index contributed by atoms with van der Waals surface area (Å²) >= 11 is 0. The van der Waals surface area contributed by atoms with Gasteiger partial charge < -0.3 is 0 Å². The van der Waals surface area contributed by atoms with Crippen molar-refractivity contribution in [2.24, 2.45) is 5.11 Å². The van der Waals surface area contributed by atoms with Crippen LogP contribution in [0.1, 0.15) is 11.3 Å². The molecule has 0 unspecified atom stereocenters. The summed E-state index contributed by atoms with van der Waals surface area (Å²) < 4.78 is 1.60. The minimum atomic E-state index is -0.185. The summed E-state index contributed by atoms with van der Waals surface area (Å²) in [5, 5.41) is 6.29. The first-order valence-electron chi connectivity index (χ1n) is 5.06. The lowest BCUT2D eigenvalue weighted by molar-refractivity contribution is 0.834. The van der Waals surface area contributed by atoms with Crippen molar-refractivity contribution in [2.75, 3.05) is 0 Å². The number of hydrogen-bond donors (Lipinski definition) is 1. The highest BCUT2D eigenvalue weighted by Gasteiger charge is 2.07. The predicted molar refractivity (Wildman–Crippen MR) is 64.7 cm³/mol. The fourth-order valence-electron chi connectivity index (χ4n) is 1.69. The van der Waals surface area contributed by atoms with Gasteiger partial charge in [0.25, 0.3) is 5.56 Å². The van der Waals surface area contributed by atoms with E-state index in [0.717, 1.165) is 11.3 Å². The Labute approximate surface area is 97.1 Å². The predicted octanol–water partition coefficient (Wildman–Crippen LogP) is 2.72. The van der Waals surface area contributed by atoms with Gasteiger partial charge in [-0.25, -0.2) is 0 Å². The second kappa shape index (κ2) is 4.19. The maximum absolute atomic E-state index is 11.2. The number of H-pyrrole nitrogens is 1. The third-order valence-corrected chi connectivity index (χ3v) is 2.44. The van der Waals surface area contributed by atoms with Gasteiger partial charge >= 0.3 is 0 Å². The zero-order chi connectivity index (χ0) is 12.4. The van der Waals surface area contributed by atoms with E-state index in [1.54, 1.807) is 17.7 Å². The Morgan fingerprint density at radius 3 is 2.71 bits per heavy atom. The summed E-state index contributed by atoms with van der Waals surface area (Å²) in [5.74, 6) is 0. The van der Waals surface area contributed by atoms with Gasteiger partial charge in [-0.1, -0.05) is 16.7 Å². The highest BCUT2D eigenvalue weighted by molar-refractivity contribution is 5.58. The van der Waals surface area contributed by atoms with Gasteiger partial charge in [0.05, 0.1) is 11.4 Å². The molecule has 6 heteroatoms. The number of rotatable bonds is 2. The number of aromatic nitrogens is 2. The van der Waals surface area contributed by atoms with Crippen molar-refractivity contribution in [1.29, 1.82) is 0 Å². The van der Waals surface area contributed by atoms with E-state index in [2.05, 4.69) is 15.1 Å². The molecule has 1 aromatic carbocycles. The van der Waals surface area contributed by atoms with Crippen molar-refractivity contribution in [2.45, 2.75) is 13.8 Å². The van der Waals surface area contributed by atoms with Crippen LogP contribution in [0, 0.1) is 13.8 Å². The van der Waals surface area contributed by atoms with Gasteiger partial charge in [0.1, 0.15) is 0 Å². The topological polar surface area (TPSA) is 86.5 Å². The molecule has 1 aromatic heterocycles. The minimum Gasteiger partial charge on any atom is -0.268 e. The van der Waals surface area contributed by atoms with Gasteiger partial charge in [-0.15, -0.1) is 0 Å². The first-order valence-corrected chi connectivity index (χ1v) is 5.06. The summed E-state index contributed by atoms with van der Waals surface area (Å²) in [6.07, 6.45) is 0. The Balaban J connectivity index is 2.70. The van der Waals surface area contributed by atoms with Crippen LogP contribution in [0.3, 0.4) is 0 Å². The molecule has 0 fully saturated rings. The fourth-order valence-corrected chi connectivity index (χ4v) is 1.69. The largest absolute Gasteiger partial charge is 0.268 e. The zero-order valence-corrected chi connectivity index (χ0v) is 9.51. The molecular weight excluding hydrogens is 218 g/mol. The molecule has 0 aliphatic heterocycles. The molecule has 0 saturated heterocycles. The maximum atomic E-state index is 11.2. The Kier molecular flexibility index (Phi) is 2.72. The minimum absolute atomic E-state index is 0.185. The van der Waals surface area contributed by atoms with Crippen molar-refractivity contribution in [3.8, 4) is 5.69 Å². The van der Waals surface area contributed by atoms with Gasteiger partial charge in [-0.3, -0.25) is 14.6 Å². The normalized spacial score (nSPS) is 10.0. The number of benzene rings is 1. The standard InChI is InChI=1S/C11H11N5O/c1-7-3-4-10(9(5-7)13-15-12)16-8(2)6-11(17)14-16/h3-6H,1-2H3,(H,14,17). The lowest BCUT2D eigenvalue weighted by Gasteiger charge is -2.09. The Hall–Kier alpha value is -2.46. The van der Waals surface area contributed by atoms with Gasteiger partial charge in [0, 0.05) is 16.7 Å². The third-order valence-electron chi connectivity index (χ3n) is 2.44. The SMILES string of the molecule is Cc1ccc(-n2[nH]c(=O)cc2C)c(N=[N+]=[N-])c1. The highest BCUT2D eigenvalue weighted by Crippen LogP contribution is 2.24. The number of nitrogens with one attached hydrogen (secondary N) is 1. The molecule has 6 nitrogen and oxygen atoms in total. The molecule has 1 N–H and O–H groups in total. The van der Waals surface area contributed by atoms with E-state index in [-0.39, 0.29) is 5.56 Å². The van der Waals surface area contributed by atoms with E-state index >= 15 is 0 Å². The number of azide groups is 1. The molecule has 2 aromatic rings. The molecule has 17 heavy (non-hydrogen) atoms. The zero-order valence-electron chi connectivity index (χ0n) is 9.51. The monoisotopic (exact) mass is 229 g/mol. The molecule has 0 aliphatic rings. The van der Waals surface area contributed by atoms with E-state index in [1.165, 1.54) is 6.07 Å². The summed E-state index contributed by atoms with van der Waals surface area (Å²) in [7, 11) is 0. The Morgan fingerprint density at radius 1 is 1.35 bits per heavy atom. The van der Waals surface area contributed by atoms with Gasteiger partial charge in [0.15, 0.2) is 0 Å². The van der Waals surface area contributed by atoms with Gasteiger partial charge in [-0.2, -0.15) is 0 Å². The highest BCUT2D eigenvalue weighted by atomic mass is 16.1. The maximum Gasteiger partial charge on any atom is 0.264 e. The lowest BCUT2D eigenvalue weighted by Crippen LogP contribution is -2.04. The Morgan fingerprint density at radius 2 is 2.12 bits per heavy atom. The van der Waals surface area contributed by atoms with Crippen molar-refractivity contribution >= 4 is 5.69 Å². The third kappa shape index (κ3) is 2.07. The molecule has 0 bridgehead atoms. The van der Waals surface area contributed by atoms with Crippen LogP contribution in [-0.4, -0.2) is 9.78 Å². The number of nitrogens with zero attached hydrogens (tertiary/aromatic N) is 4. The molecular formula is C11H11N5O. The first kappa shape index (κ1) is 11.0. The lowest BCUT2D eigenvalue weighted by atomic mass is 10.2. The molecule has 0 atom stereocenters. The number of aromatic amines is 1. The summed E-state index contributed by atoms with van der Waals surface area (Å²) in [5.41, 5.74) is 11.2. The second-order valence-corrected chi connectivity index (χ2v) is 3.78. The molecule has 0 amide bonds. The van der Waals surface area contributed by atoms with E-state index in [0.29, 0.717) is 11.4 Å². The molecule has 0 radical (unpaired) electrons. The molecule has 0 spiro atoms. The van der Waals surface area contributed by atoms with E-state index < -0.39 is 0 Å². The van der Waals surface area contributed by atoms with Crippen molar-refractivity contribution < 1.29 is 0 Å². The van der Waals surface area contributed by atoms with Crippen LogP contribution < -0.4 is 5.56 Å². The molecule has 2 rings (SSSR count). The van der Waals surface area contributed by atoms with Gasteiger partial charge in [-0.05, 0) is 31.5 Å². The van der Waals surface area contributed by atoms with E-state index in [9.17, 15) is 4.79 Å². The van der Waals surface area contributed by atoms with E-state index in [4.69, 9.17) is 5.53 Å². The summed E-state index contributed by atoms with van der Waals surface area (Å²) in [4.78, 5) is 14.0. The first-order chi connectivity index (χ1) is 8.11. The quantitative estimate of drug-likeness (QED) is 0.479. The van der Waals surface area contributed by atoms with Crippen molar-refractivity contribution in [3.63, 3.8) is 0 Å². The van der Waals surface area contributed by atoms with Crippen LogP contribution in [0.5, 0.6) is 0 Å². The van der Waals surface area contributed by atoms with Crippen molar-refractivity contribution in [3.05, 3.63) is 56.3 Å². The molecule has 1 heterocycles. The average Bonchev–Trinajstić information content (AvgIpc) is 2.59. The molecule has 0 saturated carbocycles. The van der Waals surface area contributed by atoms with E-state index in [1.807, 2.05) is 19.1 Å². The van der Waals surface area contributed by atoms with Gasteiger partial charge in [0.2, 0.25) is 0 Å². The van der Waals surface area contributed by atoms with Crippen LogP contribution in [0.25, 0.3) is 16.1 Å². The smallest absolute Gasteiger partial charge is 0.264 e. The Bertz CT molecular complexity index is 661. The fraction of sp³-hybridized carbons (Fsp3) is 0.182. The molecule has 86 valence electrons. The van der Waals surface area contributed by atoms with Crippen LogP contribution in [-0.2, 0) is 0 Å². The molecule has 0 aliphatic carbocycles. The van der Waals surface area contributed by atoms with Crippen LogP contribution in [0.15, 0.2) is 34.2 Å². The second-order valence-electron chi connectivity index (χ2n) is 3.78. The summed E-state index contributed by atoms with van der Waals surface area (Å²) in [6.45, 7) is 3.71. The van der Waals surface area contributed by atoms with Crippen LogP contribution in [0.4, 0.5) is 5.69 Å². The average molecular weight is 229 g/mol.